The first-order chi connectivity index (χ1) is 16.6. The van der Waals surface area contributed by atoms with Crippen LogP contribution in [-0.4, -0.2) is 12.3 Å². The van der Waals surface area contributed by atoms with Gasteiger partial charge in [0.25, 0.3) is 0 Å². The molecular weight excluding hydrogens is 486 g/mol. The predicted octanol–water partition coefficient (Wildman–Crippen LogP) is 6.81. The van der Waals surface area contributed by atoms with Crippen LogP contribution < -0.4 is 21.2 Å². The zero-order valence-corrected chi connectivity index (χ0v) is 22.9. The number of hydrogen-bond acceptors (Lipinski definition) is 2. The summed E-state index contributed by atoms with van der Waals surface area (Å²) in [6, 6.07) is 39.6. The standard InChI is InChI=1S/C30H32P2S2/c33-31(27-17-7-3-8-18-27,28-19-9-4-10-20-28)25-15-1-2-16-26-32(34,29-21-11-5-12-22-29)30-23-13-6-14-24-30/h3-14,17-24H,1-2,15-16,25-26H2. The maximum absolute atomic E-state index is 6.40. The van der Waals surface area contributed by atoms with E-state index in [0.29, 0.717) is 0 Å². The molecule has 0 bridgehead atoms. The molecule has 4 heteroatoms. The molecule has 0 nitrogen and oxygen atoms in total. The van der Waals surface area contributed by atoms with Crippen LogP contribution >= 0.6 is 12.1 Å². The summed E-state index contributed by atoms with van der Waals surface area (Å²) in [6.45, 7) is 0. The molecule has 0 spiro atoms. The molecule has 0 unspecified atom stereocenters. The molecule has 0 aliphatic rings. The molecule has 0 aliphatic carbocycles. The van der Waals surface area contributed by atoms with Gasteiger partial charge in [-0.2, -0.15) is 0 Å². The van der Waals surface area contributed by atoms with Gasteiger partial charge in [0, 0.05) is 12.1 Å². The van der Waals surface area contributed by atoms with E-state index in [4.69, 9.17) is 23.6 Å². The molecule has 0 fully saturated rings. The van der Waals surface area contributed by atoms with Crippen molar-refractivity contribution in [2.24, 2.45) is 0 Å². The normalized spacial score (nSPS) is 11.9. The van der Waals surface area contributed by atoms with Crippen LogP contribution in [-0.2, 0) is 23.6 Å². The summed E-state index contributed by atoms with van der Waals surface area (Å²) in [7, 11) is 0. The third kappa shape index (κ3) is 6.05. The van der Waals surface area contributed by atoms with E-state index >= 15 is 0 Å². The SMILES string of the molecule is S=P(CCCCCCP(=S)(c1ccccc1)c1ccccc1)(c1ccccc1)c1ccccc1. The summed E-state index contributed by atoms with van der Waals surface area (Å²) < 4.78 is 0. The maximum Gasteiger partial charge on any atom is 0.0106 e. The third-order valence-electron chi connectivity index (χ3n) is 6.39. The van der Waals surface area contributed by atoms with Gasteiger partial charge in [-0.3, -0.25) is 0 Å². The van der Waals surface area contributed by atoms with Gasteiger partial charge in [-0.25, -0.2) is 0 Å². The summed E-state index contributed by atoms with van der Waals surface area (Å²) in [5.74, 6) is 0. The highest BCUT2D eigenvalue weighted by molar-refractivity contribution is 8.22. The molecule has 0 aromatic heterocycles. The smallest absolute Gasteiger partial charge is 0.0106 e. The summed E-state index contributed by atoms with van der Waals surface area (Å²) in [5, 5.41) is 5.33. The molecule has 0 N–H and O–H groups in total. The first kappa shape index (κ1) is 25.3. The Morgan fingerprint density at radius 3 is 0.824 bits per heavy atom. The number of hydrogen-bond donors (Lipinski definition) is 0. The highest BCUT2D eigenvalue weighted by atomic mass is 32.4. The predicted molar refractivity (Wildman–Crippen MR) is 161 cm³/mol. The van der Waals surface area contributed by atoms with Crippen molar-refractivity contribution in [3.63, 3.8) is 0 Å². The quantitative estimate of drug-likeness (QED) is 0.158. The minimum absolute atomic E-state index is 1.09. The van der Waals surface area contributed by atoms with Crippen molar-refractivity contribution >= 4 is 56.9 Å². The first-order valence-electron chi connectivity index (χ1n) is 12.0. The largest absolute Gasteiger partial charge is 0.0876 e. The van der Waals surface area contributed by atoms with Gasteiger partial charge in [0.2, 0.25) is 0 Å². The Kier molecular flexibility index (Phi) is 9.10. The molecule has 0 aliphatic heterocycles. The van der Waals surface area contributed by atoms with E-state index in [0.717, 1.165) is 12.3 Å². The van der Waals surface area contributed by atoms with Crippen molar-refractivity contribution in [1.29, 1.82) is 0 Å². The van der Waals surface area contributed by atoms with E-state index in [1.165, 1.54) is 46.9 Å². The molecule has 0 radical (unpaired) electrons. The topological polar surface area (TPSA) is 0 Å². The van der Waals surface area contributed by atoms with Gasteiger partial charge in [0.1, 0.15) is 0 Å². The fourth-order valence-electron chi connectivity index (χ4n) is 4.51. The second-order valence-corrected chi connectivity index (χ2v) is 18.3. The second-order valence-electron chi connectivity index (χ2n) is 8.68. The average Bonchev–Trinajstić information content (AvgIpc) is 2.92. The van der Waals surface area contributed by atoms with E-state index in [1.54, 1.807) is 0 Å². The van der Waals surface area contributed by atoms with Gasteiger partial charge >= 0.3 is 0 Å². The number of unbranched alkanes of at least 4 members (excludes halogenated alkanes) is 3. The van der Waals surface area contributed by atoms with Crippen LogP contribution in [0.1, 0.15) is 25.7 Å². The van der Waals surface area contributed by atoms with Crippen LogP contribution in [0.2, 0.25) is 0 Å². The molecular formula is C30H32P2S2. The van der Waals surface area contributed by atoms with Gasteiger partial charge < -0.3 is 0 Å². The summed E-state index contributed by atoms with van der Waals surface area (Å²) in [6.07, 6.45) is 6.92. The average molecular weight is 519 g/mol. The van der Waals surface area contributed by atoms with E-state index in [-0.39, 0.29) is 0 Å². The molecule has 4 rings (SSSR count). The van der Waals surface area contributed by atoms with Crippen LogP contribution in [0.15, 0.2) is 121 Å². The summed E-state index contributed by atoms with van der Waals surface area (Å²) in [4.78, 5) is 0. The lowest BCUT2D eigenvalue weighted by molar-refractivity contribution is 0.709. The van der Waals surface area contributed by atoms with Crippen LogP contribution in [0.4, 0.5) is 0 Å². The zero-order valence-electron chi connectivity index (χ0n) is 19.5. The van der Waals surface area contributed by atoms with Gasteiger partial charge in [-0.1, -0.05) is 158 Å². The van der Waals surface area contributed by atoms with Crippen LogP contribution in [0.3, 0.4) is 0 Å². The minimum Gasteiger partial charge on any atom is -0.0876 e. The second kappa shape index (κ2) is 12.2. The molecule has 34 heavy (non-hydrogen) atoms. The van der Waals surface area contributed by atoms with E-state index < -0.39 is 12.1 Å². The molecule has 0 atom stereocenters. The summed E-state index contributed by atoms with van der Waals surface area (Å²) in [5.41, 5.74) is 0. The highest BCUT2D eigenvalue weighted by Crippen LogP contribution is 2.46. The van der Waals surface area contributed by atoms with Gasteiger partial charge in [0.05, 0.1) is 0 Å². The first-order valence-corrected chi connectivity index (χ1v) is 18.0. The fraction of sp³-hybridized carbons (Fsp3) is 0.200. The molecule has 174 valence electrons. The van der Waals surface area contributed by atoms with Crippen molar-refractivity contribution in [2.45, 2.75) is 25.7 Å². The van der Waals surface area contributed by atoms with Gasteiger partial charge in [0.15, 0.2) is 0 Å². The Morgan fingerprint density at radius 1 is 0.353 bits per heavy atom. The molecule has 4 aromatic carbocycles. The van der Waals surface area contributed by atoms with Gasteiger partial charge in [-0.05, 0) is 46.4 Å². The highest BCUT2D eigenvalue weighted by Gasteiger charge is 2.23. The number of benzene rings is 4. The van der Waals surface area contributed by atoms with E-state index in [9.17, 15) is 0 Å². The van der Waals surface area contributed by atoms with Crippen LogP contribution in [0.5, 0.6) is 0 Å². The third-order valence-corrected chi connectivity index (χ3v) is 16.4. The molecule has 4 aromatic rings. The maximum atomic E-state index is 6.40. The zero-order chi connectivity index (χ0) is 23.7. The van der Waals surface area contributed by atoms with Gasteiger partial charge in [-0.15, -0.1) is 0 Å². The van der Waals surface area contributed by atoms with Crippen molar-refractivity contribution in [3.05, 3.63) is 121 Å². The Labute approximate surface area is 215 Å². The van der Waals surface area contributed by atoms with Crippen molar-refractivity contribution in [1.82, 2.24) is 0 Å². The van der Waals surface area contributed by atoms with Crippen molar-refractivity contribution < 1.29 is 0 Å². The molecule has 0 saturated carbocycles. The molecule has 0 heterocycles. The van der Waals surface area contributed by atoms with E-state index in [1.807, 2.05) is 0 Å². The lowest BCUT2D eigenvalue weighted by atomic mass is 10.2. The fourth-order valence-corrected chi connectivity index (χ4v) is 12.3. The minimum atomic E-state index is -1.78. The monoisotopic (exact) mass is 518 g/mol. The lowest BCUT2D eigenvalue weighted by Gasteiger charge is -2.24. The Balaban J connectivity index is 1.39. The number of rotatable bonds is 11. The Hall–Kier alpha value is -1.82. The Bertz CT molecular complexity index is 1050. The van der Waals surface area contributed by atoms with E-state index in [2.05, 4.69) is 121 Å². The lowest BCUT2D eigenvalue weighted by Crippen LogP contribution is -2.18. The van der Waals surface area contributed by atoms with Crippen molar-refractivity contribution in [3.8, 4) is 0 Å². The molecule has 0 saturated heterocycles. The van der Waals surface area contributed by atoms with Crippen LogP contribution in [0, 0.1) is 0 Å². The molecule has 0 amide bonds. The summed E-state index contributed by atoms with van der Waals surface area (Å²) >= 11 is 12.8. The van der Waals surface area contributed by atoms with Crippen LogP contribution in [0.25, 0.3) is 0 Å². The van der Waals surface area contributed by atoms with Crippen molar-refractivity contribution in [2.75, 3.05) is 12.3 Å². The Morgan fingerprint density at radius 2 is 0.588 bits per heavy atom.